The van der Waals surface area contributed by atoms with E-state index in [0.29, 0.717) is 12.0 Å². The van der Waals surface area contributed by atoms with E-state index >= 15 is 0 Å². The smallest absolute Gasteiger partial charge is 0.160 e. The Bertz CT molecular complexity index is 1050. The average Bonchev–Trinajstić information content (AvgIpc) is 3.39. The predicted molar refractivity (Wildman–Crippen MR) is 121 cm³/mol. The van der Waals surface area contributed by atoms with Crippen LogP contribution in [0.25, 0.3) is 11.3 Å². The van der Waals surface area contributed by atoms with Crippen molar-refractivity contribution in [2.24, 2.45) is 5.92 Å². The number of aldehydes is 1. The summed E-state index contributed by atoms with van der Waals surface area (Å²) in [5, 5.41) is 0. The third-order valence-electron chi connectivity index (χ3n) is 6.36. The van der Waals surface area contributed by atoms with Crippen LogP contribution in [0.15, 0.2) is 52.3 Å². The molecule has 0 saturated carbocycles. The predicted octanol–water partition coefficient (Wildman–Crippen LogP) is 5.62. The van der Waals surface area contributed by atoms with Gasteiger partial charge in [-0.05, 0) is 51.2 Å². The fourth-order valence-corrected chi connectivity index (χ4v) is 4.85. The Morgan fingerprint density at radius 1 is 1.37 bits per heavy atom. The van der Waals surface area contributed by atoms with E-state index in [9.17, 15) is 9.59 Å². The SMILES string of the molecule is C=C(C)C1CC(=O)C(C)=C(N2CCCC2c2ncc(-c3ccc(Br)c(C=O)c3)[nH]2)C1. The van der Waals surface area contributed by atoms with E-state index in [4.69, 9.17) is 0 Å². The van der Waals surface area contributed by atoms with Crippen molar-refractivity contribution in [3.8, 4) is 11.3 Å². The molecule has 1 aliphatic carbocycles. The second kappa shape index (κ2) is 8.34. The Morgan fingerprint density at radius 3 is 2.90 bits per heavy atom. The molecule has 0 radical (unpaired) electrons. The lowest BCUT2D eigenvalue weighted by molar-refractivity contribution is -0.116. The maximum absolute atomic E-state index is 12.6. The van der Waals surface area contributed by atoms with Crippen LogP contribution in [-0.4, -0.2) is 33.5 Å². The van der Waals surface area contributed by atoms with Crippen molar-refractivity contribution in [3.05, 3.63) is 63.7 Å². The number of rotatable bonds is 5. The van der Waals surface area contributed by atoms with Crippen molar-refractivity contribution in [1.29, 1.82) is 0 Å². The topological polar surface area (TPSA) is 66.1 Å². The number of ketones is 1. The normalized spacial score (nSPS) is 22.0. The Labute approximate surface area is 185 Å². The van der Waals surface area contributed by atoms with E-state index in [0.717, 1.165) is 70.5 Å². The molecule has 156 valence electrons. The van der Waals surface area contributed by atoms with Crippen LogP contribution in [0.2, 0.25) is 0 Å². The zero-order valence-electron chi connectivity index (χ0n) is 17.4. The highest BCUT2D eigenvalue weighted by Gasteiger charge is 2.35. The molecule has 2 heterocycles. The second-order valence-electron chi connectivity index (χ2n) is 8.33. The van der Waals surface area contributed by atoms with Gasteiger partial charge in [-0.3, -0.25) is 9.59 Å². The summed E-state index contributed by atoms with van der Waals surface area (Å²) in [5.41, 5.74) is 5.53. The number of benzene rings is 1. The third kappa shape index (κ3) is 3.81. The number of H-pyrrole nitrogens is 1. The number of aromatic nitrogens is 2. The van der Waals surface area contributed by atoms with Crippen molar-refractivity contribution in [1.82, 2.24) is 14.9 Å². The highest BCUT2D eigenvalue weighted by Crippen LogP contribution is 2.41. The molecule has 1 aromatic heterocycles. The van der Waals surface area contributed by atoms with Crippen molar-refractivity contribution in [2.75, 3.05) is 6.54 Å². The summed E-state index contributed by atoms with van der Waals surface area (Å²) < 4.78 is 0.777. The van der Waals surface area contributed by atoms with Crippen LogP contribution >= 0.6 is 15.9 Å². The molecule has 0 amide bonds. The van der Waals surface area contributed by atoms with Gasteiger partial charge in [-0.15, -0.1) is 0 Å². The molecule has 30 heavy (non-hydrogen) atoms. The Balaban J connectivity index is 1.63. The van der Waals surface area contributed by atoms with Gasteiger partial charge in [-0.25, -0.2) is 4.98 Å². The molecular weight excluding hydrogens is 442 g/mol. The highest BCUT2D eigenvalue weighted by atomic mass is 79.9. The molecule has 1 saturated heterocycles. The zero-order chi connectivity index (χ0) is 21.4. The average molecular weight is 468 g/mol. The minimum Gasteiger partial charge on any atom is -0.364 e. The van der Waals surface area contributed by atoms with Crippen LogP contribution in [0.3, 0.4) is 0 Å². The first-order chi connectivity index (χ1) is 14.4. The van der Waals surface area contributed by atoms with Gasteiger partial charge in [0, 0.05) is 39.8 Å². The molecule has 1 aliphatic heterocycles. The van der Waals surface area contributed by atoms with Gasteiger partial charge in [0.15, 0.2) is 12.1 Å². The van der Waals surface area contributed by atoms with E-state index in [-0.39, 0.29) is 17.7 Å². The number of likely N-dealkylation sites (tertiary alicyclic amines) is 1. The van der Waals surface area contributed by atoms with Crippen LogP contribution in [0.1, 0.15) is 61.8 Å². The summed E-state index contributed by atoms with van der Waals surface area (Å²) in [6, 6.07) is 5.82. The fraction of sp³-hybridized carbons (Fsp3) is 0.375. The van der Waals surface area contributed by atoms with Gasteiger partial charge in [-0.2, -0.15) is 0 Å². The number of halogens is 1. The van der Waals surface area contributed by atoms with Gasteiger partial charge in [0.2, 0.25) is 0 Å². The molecule has 1 aromatic carbocycles. The van der Waals surface area contributed by atoms with Crippen molar-refractivity contribution in [2.45, 2.75) is 45.6 Å². The van der Waals surface area contributed by atoms with Crippen LogP contribution < -0.4 is 0 Å². The number of nitrogens with one attached hydrogen (secondary N) is 1. The highest BCUT2D eigenvalue weighted by molar-refractivity contribution is 9.10. The second-order valence-corrected chi connectivity index (χ2v) is 9.19. The van der Waals surface area contributed by atoms with E-state index in [2.05, 4.69) is 37.4 Å². The van der Waals surface area contributed by atoms with Crippen LogP contribution in [0, 0.1) is 5.92 Å². The van der Waals surface area contributed by atoms with Crippen molar-refractivity contribution < 1.29 is 9.59 Å². The number of aromatic amines is 1. The Kier molecular flexibility index (Phi) is 5.78. The number of carbonyl (C=O) groups excluding carboxylic acids is 2. The fourth-order valence-electron chi connectivity index (χ4n) is 4.51. The number of Topliss-reactive ketones (excluding diaryl/α,β-unsaturated/α-hetero) is 1. The van der Waals surface area contributed by atoms with Gasteiger partial charge < -0.3 is 9.88 Å². The standard InChI is InChI=1S/C24H26BrN3O2/c1-14(2)17-10-22(15(3)23(30)11-17)28-8-4-5-21(28)24-26-12-20(27-24)16-6-7-19(25)18(9-16)13-29/h6-7,9,12-13,17,21H,1,4-5,8,10-11H2,2-3H3,(H,26,27). The third-order valence-corrected chi connectivity index (χ3v) is 7.09. The molecule has 2 atom stereocenters. The number of imidazole rings is 1. The van der Waals surface area contributed by atoms with E-state index in [1.54, 1.807) is 0 Å². The van der Waals surface area contributed by atoms with E-state index in [1.165, 1.54) is 0 Å². The van der Waals surface area contributed by atoms with Crippen molar-refractivity contribution in [3.63, 3.8) is 0 Å². The zero-order valence-corrected chi connectivity index (χ0v) is 19.0. The lowest BCUT2D eigenvalue weighted by Crippen LogP contribution is -2.31. The molecule has 1 N–H and O–H groups in total. The summed E-state index contributed by atoms with van der Waals surface area (Å²) in [5.74, 6) is 1.35. The number of hydrogen-bond donors (Lipinski definition) is 1. The molecule has 2 aliphatic rings. The Hall–Kier alpha value is -2.47. The maximum atomic E-state index is 12.6. The van der Waals surface area contributed by atoms with Gasteiger partial charge in [-0.1, -0.05) is 34.1 Å². The lowest BCUT2D eigenvalue weighted by Gasteiger charge is -2.35. The molecule has 0 bridgehead atoms. The molecule has 5 nitrogen and oxygen atoms in total. The molecule has 4 rings (SSSR count). The van der Waals surface area contributed by atoms with Crippen LogP contribution in [-0.2, 0) is 4.79 Å². The first-order valence-electron chi connectivity index (χ1n) is 10.3. The molecule has 6 heteroatoms. The lowest BCUT2D eigenvalue weighted by atomic mass is 9.82. The van der Waals surface area contributed by atoms with Gasteiger partial charge in [0.1, 0.15) is 5.82 Å². The van der Waals surface area contributed by atoms with Gasteiger partial charge in [0.25, 0.3) is 0 Å². The largest absolute Gasteiger partial charge is 0.364 e. The Morgan fingerprint density at radius 2 is 2.17 bits per heavy atom. The molecular formula is C24H26BrN3O2. The maximum Gasteiger partial charge on any atom is 0.160 e. The summed E-state index contributed by atoms with van der Waals surface area (Å²) in [4.78, 5) is 34.4. The summed E-state index contributed by atoms with van der Waals surface area (Å²) in [6.45, 7) is 8.99. The number of allylic oxidation sites excluding steroid dienone is 3. The number of nitrogens with zero attached hydrogens (tertiary/aromatic N) is 2. The number of hydrogen-bond acceptors (Lipinski definition) is 4. The van der Waals surface area contributed by atoms with E-state index in [1.807, 2.05) is 38.2 Å². The van der Waals surface area contributed by atoms with Gasteiger partial charge in [0.05, 0.1) is 17.9 Å². The van der Waals surface area contributed by atoms with Crippen molar-refractivity contribution >= 4 is 28.0 Å². The molecule has 2 aromatic rings. The first-order valence-corrected chi connectivity index (χ1v) is 11.1. The summed E-state index contributed by atoms with van der Waals surface area (Å²) in [7, 11) is 0. The number of carbonyl (C=O) groups is 2. The molecule has 1 fully saturated rings. The van der Waals surface area contributed by atoms with Crippen LogP contribution in [0.5, 0.6) is 0 Å². The minimum absolute atomic E-state index is 0.126. The monoisotopic (exact) mass is 467 g/mol. The molecule has 0 spiro atoms. The first kappa shape index (κ1) is 20.8. The van der Waals surface area contributed by atoms with E-state index < -0.39 is 0 Å². The molecule has 2 unspecified atom stereocenters. The minimum atomic E-state index is 0.126. The summed E-state index contributed by atoms with van der Waals surface area (Å²) >= 11 is 3.40. The quantitative estimate of drug-likeness (QED) is 0.457. The van der Waals surface area contributed by atoms with Gasteiger partial charge >= 0.3 is 0 Å². The summed E-state index contributed by atoms with van der Waals surface area (Å²) in [6.07, 6.45) is 6.17. The van der Waals surface area contributed by atoms with Crippen LogP contribution in [0.4, 0.5) is 0 Å².